The van der Waals surface area contributed by atoms with E-state index in [-0.39, 0.29) is 11.6 Å². The number of ether oxygens (including phenoxy) is 1. The van der Waals surface area contributed by atoms with Gasteiger partial charge < -0.3 is 14.4 Å². The first-order chi connectivity index (χ1) is 9.64. The number of nitrogens with zero attached hydrogens (tertiary/aromatic N) is 2. The van der Waals surface area contributed by atoms with Crippen LogP contribution in [0.15, 0.2) is 22.7 Å². The number of hydrogen-bond donors (Lipinski definition) is 1. The second kappa shape index (κ2) is 4.86. The van der Waals surface area contributed by atoms with Crippen LogP contribution in [-0.4, -0.2) is 22.4 Å². The molecule has 6 heteroatoms. The fraction of sp³-hybridized carbons (Fsp3) is 0.429. The predicted octanol–water partition coefficient (Wildman–Crippen LogP) is 3.00. The maximum absolute atomic E-state index is 13.0. The standard InChI is InChI=1S/C14H15FN2O3/c1-19-14(6-2-3-7-14)13-16-12(20-17-13)10-5-4-9(15)8-11(10)18/h4-5,8,18H,2-3,6-7H2,1H3. The van der Waals surface area contributed by atoms with Gasteiger partial charge in [-0.3, -0.25) is 0 Å². The molecule has 0 spiro atoms. The van der Waals surface area contributed by atoms with E-state index in [0.717, 1.165) is 31.7 Å². The van der Waals surface area contributed by atoms with E-state index in [0.29, 0.717) is 11.4 Å². The molecule has 1 saturated carbocycles. The average molecular weight is 278 g/mol. The van der Waals surface area contributed by atoms with Gasteiger partial charge in [-0.25, -0.2) is 4.39 Å². The predicted molar refractivity (Wildman–Crippen MR) is 68.5 cm³/mol. The summed E-state index contributed by atoms with van der Waals surface area (Å²) in [6.07, 6.45) is 3.80. The van der Waals surface area contributed by atoms with Gasteiger partial charge in [-0.05, 0) is 37.8 Å². The second-order valence-corrected chi connectivity index (χ2v) is 4.99. The highest BCUT2D eigenvalue weighted by molar-refractivity contribution is 5.61. The van der Waals surface area contributed by atoms with Crippen molar-refractivity contribution in [3.8, 4) is 17.2 Å². The summed E-state index contributed by atoms with van der Waals surface area (Å²) in [5, 5.41) is 13.7. The maximum Gasteiger partial charge on any atom is 0.261 e. The zero-order chi connectivity index (χ0) is 14.2. The Bertz CT molecular complexity index is 621. The highest BCUT2D eigenvalue weighted by Gasteiger charge is 2.40. The molecular formula is C14H15FN2O3. The van der Waals surface area contributed by atoms with Crippen molar-refractivity contribution in [1.82, 2.24) is 10.1 Å². The topological polar surface area (TPSA) is 68.4 Å². The molecule has 1 aliphatic rings. The molecule has 106 valence electrons. The number of phenolic OH excluding ortho intramolecular Hbond substituents is 1. The highest BCUT2D eigenvalue weighted by Crippen LogP contribution is 2.41. The first kappa shape index (κ1) is 13.1. The van der Waals surface area contributed by atoms with Gasteiger partial charge in [0.25, 0.3) is 5.89 Å². The van der Waals surface area contributed by atoms with Crippen LogP contribution in [0.25, 0.3) is 11.5 Å². The summed E-state index contributed by atoms with van der Waals surface area (Å²) in [6.45, 7) is 0. The number of aromatic nitrogens is 2. The maximum atomic E-state index is 13.0. The van der Waals surface area contributed by atoms with Crippen molar-refractivity contribution in [2.75, 3.05) is 7.11 Å². The quantitative estimate of drug-likeness (QED) is 0.934. The third-order valence-corrected chi connectivity index (χ3v) is 3.83. The molecule has 3 rings (SSSR count). The lowest BCUT2D eigenvalue weighted by Crippen LogP contribution is -2.25. The summed E-state index contributed by atoms with van der Waals surface area (Å²) in [5.74, 6) is -0.0923. The van der Waals surface area contributed by atoms with Crippen LogP contribution < -0.4 is 0 Å². The molecule has 1 aromatic carbocycles. The molecule has 0 aliphatic heterocycles. The van der Waals surface area contributed by atoms with Crippen LogP contribution in [0, 0.1) is 5.82 Å². The average Bonchev–Trinajstić information content (AvgIpc) is 3.08. The SMILES string of the molecule is COC1(c2noc(-c3ccc(F)cc3O)n2)CCCC1. The molecule has 0 atom stereocenters. The molecule has 1 fully saturated rings. The van der Waals surface area contributed by atoms with Gasteiger partial charge in [0.2, 0.25) is 5.82 Å². The van der Waals surface area contributed by atoms with E-state index in [9.17, 15) is 9.50 Å². The summed E-state index contributed by atoms with van der Waals surface area (Å²) in [7, 11) is 1.64. The summed E-state index contributed by atoms with van der Waals surface area (Å²) in [6, 6.07) is 3.66. The molecule has 1 aliphatic carbocycles. The van der Waals surface area contributed by atoms with Crippen LogP contribution in [0.5, 0.6) is 5.75 Å². The van der Waals surface area contributed by atoms with E-state index in [1.807, 2.05) is 0 Å². The summed E-state index contributed by atoms with van der Waals surface area (Å²) >= 11 is 0. The number of rotatable bonds is 3. The fourth-order valence-electron chi connectivity index (χ4n) is 2.67. The van der Waals surface area contributed by atoms with E-state index >= 15 is 0 Å². The van der Waals surface area contributed by atoms with E-state index in [2.05, 4.69) is 10.1 Å². The van der Waals surface area contributed by atoms with Crippen molar-refractivity contribution in [3.05, 3.63) is 29.8 Å². The molecule has 2 aromatic rings. The van der Waals surface area contributed by atoms with Crippen molar-refractivity contribution in [1.29, 1.82) is 0 Å². The summed E-state index contributed by atoms with van der Waals surface area (Å²) in [4.78, 5) is 4.31. The number of benzene rings is 1. The second-order valence-electron chi connectivity index (χ2n) is 4.99. The third kappa shape index (κ3) is 2.06. The molecule has 0 unspecified atom stereocenters. The van der Waals surface area contributed by atoms with Crippen LogP contribution in [-0.2, 0) is 10.3 Å². The monoisotopic (exact) mass is 278 g/mol. The van der Waals surface area contributed by atoms with Crippen molar-refractivity contribution in [3.63, 3.8) is 0 Å². The highest BCUT2D eigenvalue weighted by atomic mass is 19.1. The van der Waals surface area contributed by atoms with Crippen LogP contribution in [0.2, 0.25) is 0 Å². The molecule has 0 saturated heterocycles. The number of halogens is 1. The lowest BCUT2D eigenvalue weighted by atomic mass is 10.0. The van der Waals surface area contributed by atoms with Gasteiger partial charge >= 0.3 is 0 Å². The Kier molecular flexibility index (Phi) is 3.17. The molecule has 0 radical (unpaired) electrons. The van der Waals surface area contributed by atoms with Gasteiger partial charge in [0.05, 0.1) is 5.56 Å². The van der Waals surface area contributed by atoms with Crippen molar-refractivity contribution in [2.45, 2.75) is 31.3 Å². The van der Waals surface area contributed by atoms with Crippen molar-refractivity contribution < 1.29 is 18.8 Å². The third-order valence-electron chi connectivity index (χ3n) is 3.83. The lowest BCUT2D eigenvalue weighted by molar-refractivity contribution is -0.0178. The Balaban J connectivity index is 1.97. The number of hydrogen-bond acceptors (Lipinski definition) is 5. The Labute approximate surface area is 115 Å². The number of phenols is 1. The normalized spacial score (nSPS) is 17.5. The first-order valence-corrected chi connectivity index (χ1v) is 6.53. The van der Waals surface area contributed by atoms with E-state index in [1.165, 1.54) is 12.1 Å². The van der Waals surface area contributed by atoms with E-state index in [1.54, 1.807) is 7.11 Å². The van der Waals surface area contributed by atoms with Gasteiger partial charge in [0.15, 0.2) is 0 Å². The smallest absolute Gasteiger partial charge is 0.261 e. The van der Waals surface area contributed by atoms with Gasteiger partial charge in [-0.1, -0.05) is 5.16 Å². The molecule has 5 nitrogen and oxygen atoms in total. The molecular weight excluding hydrogens is 263 g/mol. The molecule has 0 amide bonds. The van der Waals surface area contributed by atoms with Crippen LogP contribution in [0.3, 0.4) is 0 Å². The zero-order valence-corrected chi connectivity index (χ0v) is 11.1. The van der Waals surface area contributed by atoms with Crippen molar-refractivity contribution in [2.24, 2.45) is 0 Å². The fourth-order valence-corrected chi connectivity index (χ4v) is 2.67. The minimum atomic E-state index is -0.518. The molecule has 1 aromatic heterocycles. The Morgan fingerprint density at radius 2 is 2.10 bits per heavy atom. The van der Waals surface area contributed by atoms with Gasteiger partial charge in [0.1, 0.15) is 17.2 Å². The van der Waals surface area contributed by atoms with Gasteiger partial charge in [0, 0.05) is 13.2 Å². The molecule has 1 N–H and O–H groups in total. The van der Waals surface area contributed by atoms with Gasteiger partial charge in [-0.15, -0.1) is 0 Å². The van der Waals surface area contributed by atoms with Crippen LogP contribution >= 0.6 is 0 Å². The molecule has 0 bridgehead atoms. The minimum Gasteiger partial charge on any atom is -0.507 e. The van der Waals surface area contributed by atoms with Crippen LogP contribution in [0.4, 0.5) is 4.39 Å². The summed E-state index contributed by atoms with van der Waals surface area (Å²) in [5.41, 5.74) is -0.188. The number of methoxy groups -OCH3 is 1. The van der Waals surface area contributed by atoms with Gasteiger partial charge in [-0.2, -0.15) is 4.98 Å². The summed E-state index contributed by atoms with van der Waals surface area (Å²) < 4.78 is 23.7. The largest absolute Gasteiger partial charge is 0.507 e. The Hall–Kier alpha value is -1.95. The first-order valence-electron chi connectivity index (χ1n) is 6.53. The minimum absolute atomic E-state index is 0.167. The van der Waals surface area contributed by atoms with E-state index < -0.39 is 11.4 Å². The molecule has 20 heavy (non-hydrogen) atoms. The molecule has 1 heterocycles. The Morgan fingerprint density at radius 1 is 1.35 bits per heavy atom. The Morgan fingerprint density at radius 3 is 2.75 bits per heavy atom. The zero-order valence-electron chi connectivity index (χ0n) is 11.1. The van der Waals surface area contributed by atoms with Crippen LogP contribution in [0.1, 0.15) is 31.5 Å². The van der Waals surface area contributed by atoms with Crippen molar-refractivity contribution >= 4 is 0 Å². The van der Waals surface area contributed by atoms with E-state index in [4.69, 9.17) is 9.26 Å². The lowest BCUT2D eigenvalue weighted by Gasteiger charge is -2.22. The number of aromatic hydroxyl groups is 1.